The number of ether oxygens (including phenoxy) is 1. The van der Waals surface area contributed by atoms with Crippen molar-refractivity contribution in [2.24, 2.45) is 17.8 Å². The number of carbonyl (C=O) groups excluding carboxylic acids is 3. The van der Waals surface area contributed by atoms with E-state index >= 15 is 0 Å². The van der Waals surface area contributed by atoms with Crippen molar-refractivity contribution in [1.82, 2.24) is 9.80 Å². The molecule has 206 valence electrons. The molecule has 1 spiro atoms. The average molecular weight is 533 g/mol. The molecule has 4 aliphatic rings. The second-order valence-electron chi connectivity index (χ2n) is 11.2. The second kappa shape index (κ2) is 12.4. The summed E-state index contributed by atoms with van der Waals surface area (Å²) in [5, 5.41) is 9.57. The van der Waals surface area contributed by atoms with E-state index in [1.165, 1.54) is 6.42 Å². The highest BCUT2D eigenvalue weighted by Crippen LogP contribution is 2.68. The second-order valence-corrected chi connectivity index (χ2v) is 12.7. The van der Waals surface area contributed by atoms with Gasteiger partial charge in [-0.15, -0.1) is 24.9 Å². The van der Waals surface area contributed by atoms with Crippen molar-refractivity contribution in [2.75, 3.05) is 26.3 Å². The van der Waals surface area contributed by atoms with Crippen LogP contribution in [0.5, 0.6) is 0 Å². The Labute approximate surface area is 226 Å². The quantitative estimate of drug-likeness (QED) is 0.220. The molecule has 0 aromatic rings. The van der Waals surface area contributed by atoms with Gasteiger partial charge in [0.2, 0.25) is 11.8 Å². The SMILES string of the molecule is C=CCCCCOC(=O)[C@@H]1[C@@H]2CC(C)C3(S2)C(C(=O)N(CC=C)C2CCCCC2)N(CCCO)C(=O)[C@H]13. The van der Waals surface area contributed by atoms with E-state index in [0.717, 1.165) is 51.4 Å². The molecule has 0 aromatic carbocycles. The molecule has 4 rings (SSSR count). The summed E-state index contributed by atoms with van der Waals surface area (Å²) < 4.78 is 5.06. The first-order chi connectivity index (χ1) is 17.9. The number of amides is 2. The van der Waals surface area contributed by atoms with Crippen molar-refractivity contribution in [3.05, 3.63) is 25.3 Å². The zero-order chi connectivity index (χ0) is 26.6. The predicted molar refractivity (Wildman–Crippen MR) is 146 cm³/mol. The molecule has 4 fully saturated rings. The number of hydrogen-bond donors (Lipinski definition) is 1. The Kier molecular flexibility index (Phi) is 9.43. The van der Waals surface area contributed by atoms with E-state index in [2.05, 4.69) is 20.1 Å². The van der Waals surface area contributed by atoms with Crippen LogP contribution in [0.1, 0.15) is 71.1 Å². The Morgan fingerprint density at radius 2 is 1.95 bits per heavy atom. The summed E-state index contributed by atoms with van der Waals surface area (Å²) in [6, 6.07) is -0.478. The van der Waals surface area contributed by atoms with Gasteiger partial charge in [0.1, 0.15) is 6.04 Å². The van der Waals surface area contributed by atoms with E-state index in [-0.39, 0.29) is 41.6 Å². The zero-order valence-corrected chi connectivity index (χ0v) is 23.1. The van der Waals surface area contributed by atoms with Gasteiger partial charge in [-0.3, -0.25) is 14.4 Å². The number of esters is 1. The van der Waals surface area contributed by atoms with Gasteiger partial charge in [-0.1, -0.05) is 38.3 Å². The van der Waals surface area contributed by atoms with Gasteiger partial charge in [0.15, 0.2) is 0 Å². The largest absolute Gasteiger partial charge is 0.465 e. The molecule has 3 aliphatic heterocycles. The third-order valence-corrected chi connectivity index (χ3v) is 11.1. The molecule has 1 saturated carbocycles. The maximum Gasteiger partial charge on any atom is 0.310 e. The number of allylic oxidation sites excluding steroid dienone is 1. The van der Waals surface area contributed by atoms with E-state index in [1.54, 1.807) is 22.7 Å². The molecule has 3 saturated heterocycles. The van der Waals surface area contributed by atoms with Crippen molar-refractivity contribution in [3.63, 3.8) is 0 Å². The van der Waals surface area contributed by atoms with Gasteiger partial charge in [-0.2, -0.15) is 0 Å². The molecule has 3 heterocycles. The van der Waals surface area contributed by atoms with Crippen LogP contribution < -0.4 is 0 Å². The van der Waals surface area contributed by atoms with Crippen LogP contribution in [0.25, 0.3) is 0 Å². The number of rotatable bonds is 13. The number of thioether (sulfide) groups is 1. The fraction of sp³-hybridized carbons (Fsp3) is 0.759. The minimum Gasteiger partial charge on any atom is -0.465 e. The Hall–Kier alpha value is -1.80. The highest BCUT2D eigenvalue weighted by Gasteiger charge is 2.76. The molecule has 37 heavy (non-hydrogen) atoms. The lowest BCUT2D eigenvalue weighted by Crippen LogP contribution is -2.59. The van der Waals surface area contributed by atoms with Crippen LogP contribution in [0.2, 0.25) is 0 Å². The normalized spacial score (nSPS) is 32.9. The van der Waals surface area contributed by atoms with Gasteiger partial charge in [0.25, 0.3) is 0 Å². The van der Waals surface area contributed by atoms with E-state index < -0.39 is 22.6 Å². The van der Waals surface area contributed by atoms with Crippen LogP contribution in [0, 0.1) is 17.8 Å². The lowest BCUT2D eigenvalue weighted by atomic mass is 9.66. The Morgan fingerprint density at radius 3 is 2.62 bits per heavy atom. The Morgan fingerprint density at radius 1 is 1.19 bits per heavy atom. The fourth-order valence-corrected chi connectivity index (χ4v) is 9.72. The van der Waals surface area contributed by atoms with E-state index in [1.807, 2.05) is 11.0 Å². The van der Waals surface area contributed by atoms with Crippen molar-refractivity contribution in [1.29, 1.82) is 0 Å². The van der Waals surface area contributed by atoms with Gasteiger partial charge < -0.3 is 19.6 Å². The first-order valence-electron chi connectivity index (χ1n) is 14.2. The number of nitrogens with zero attached hydrogens (tertiary/aromatic N) is 2. The summed E-state index contributed by atoms with van der Waals surface area (Å²) >= 11 is 1.69. The van der Waals surface area contributed by atoms with Crippen LogP contribution in [-0.2, 0) is 19.1 Å². The summed E-state index contributed by atoms with van der Waals surface area (Å²) in [5.41, 5.74) is 0. The fourth-order valence-electron chi connectivity index (χ4n) is 7.32. The number of fused-ring (bicyclic) bond motifs is 1. The van der Waals surface area contributed by atoms with Crippen LogP contribution in [-0.4, -0.2) is 81.1 Å². The molecular formula is C29H44N2O5S. The minimum atomic E-state index is -0.644. The molecule has 6 atom stereocenters. The van der Waals surface area contributed by atoms with Crippen molar-refractivity contribution in [2.45, 2.75) is 93.2 Å². The van der Waals surface area contributed by atoms with E-state index in [0.29, 0.717) is 26.1 Å². The summed E-state index contributed by atoms with van der Waals surface area (Å²) in [6.45, 7) is 10.9. The highest BCUT2D eigenvalue weighted by atomic mass is 32.2. The number of aliphatic hydroxyl groups excluding tert-OH is 1. The first kappa shape index (κ1) is 28.2. The Bertz CT molecular complexity index is 874. The monoisotopic (exact) mass is 532 g/mol. The van der Waals surface area contributed by atoms with Gasteiger partial charge in [-0.05, 0) is 50.9 Å². The van der Waals surface area contributed by atoms with Gasteiger partial charge >= 0.3 is 5.97 Å². The smallest absolute Gasteiger partial charge is 0.310 e. The van der Waals surface area contributed by atoms with Gasteiger partial charge in [0, 0.05) is 31.0 Å². The topological polar surface area (TPSA) is 87.2 Å². The third-order valence-electron chi connectivity index (χ3n) is 8.98. The maximum absolute atomic E-state index is 14.5. The number of aliphatic hydroxyl groups is 1. The highest BCUT2D eigenvalue weighted by molar-refractivity contribution is 8.02. The molecular weight excluding hydrogens is 488 g/mol. The molecule has 1 aliphatic carbocycles. The molecule has 2 bridgehead atoms. The van der Waals surface area contributed by atoms with Crippen LogP contribution in [0.4, 0.5) is 0 Å². The zero-order valence-electron chi connectivity index (χ0n) is 22.3. The van der Waals surface area contributed by atoms with Crippen molar-refractivity contribution in [3.8, 4) is 0 Å². The van der Waals surface area contributed by atoms with E-state index in [9.17, 15) is 19.5 Å². The van der Waals surface area contributed by atoms with Crippen molar-refractivity contribution >= 4 is 29.5 Å². The third kappa shape index (κ3) is 5.12. The maximum atomic E-state index is 14.5. The molecule has 0 aromatic heterocycles. The standard InChI is InChI=1S/C29H44N2O5S/c1-4-6-7-11-18-36-28(35)23-22-19-20(3)29(37-22)24(23)26(33)31(16-12-17-32)25(29)27(34)30(15-5-2)21-13-9-8-10-14-21/h4-5,20-25,32H,1-2,6-19H2,3H3/t20?,22-,23+,24-,25?,29?/m0/s1. The lowest BCUT2D eigenvalue weighted by Gasteiger charge is -2.43. The molecule has 1 N–H and O–H groups in total. The van der Waals surface area contributed by atoms with E-state index in [4.69, 9.17) is 4.74 Å². The summed E-state index contributed by atoms with van der Waals surface area (Å²) in [6.07, 6.45) is 12.7. The summed E-state index contributed by atoms with van der Waals surface area (Å²) in [5.74, 6) is -1.39. The lowest BCUT2D eigenvalue weighted by molar-refractivity contribution is -0.154. The number of carbonyl (C=O) groups is 3. The Balaban J connectivity index is 1.63. The van der Waals surface area contributed by atoms with Crippen LogP contribution in [0.15, 0.2) is 25.3 Å². The number of unbranched alkanes of at least 4 members (excludes halogenated alkanes) is 2. The average Bonchev–Trinajstić information content (AvgIpc) is 3.49. The molecule has 7 nitrogen and oxygen atoms in total. The summed E-state index contributed by atoms with van der Waals surface area (Å²) in [7, 11) is 0. The van der Waals surface area contributed by atoms with Gasteiger partial charge in [-0.25, -0.2) is 0 Å². The molecule has 3 unspecified atom stereocenters. The summed E-state index contributed by atoms with van der Waals surface area (Å²) in [4.78, 5) is 45.5. The van der Waals surface area contributed by atoms with Crippen molar-refractivity contribution < 1.29 is 24.2 Å². The number of likely N-dealkylation sites (tertiary alicyclic amines) is 1. The predicted octanol–water partition coefficient (Wildman–Crippen LogP) is 3.95. The molecule has 0 radical (unpaired) electrons. The first-order valence-corrected chi connectivity index (χ1v) is 15.1. The minimum absolute atomic E-state index is 0.0116. The molecule has 8 heteroatoms. The van der Waals surface area contributed by atoms with Gasteiger partial charge in [0.05, 0.1) is 23.2 Å². The molecule has 2 amide bonds. The van der Waals surface area contributed by atoms with Crippen LogP contribution >= 0.6 is 11.8 Å². The van der Waals surface area contributed by atoms with Crippen LogP contribution in [0.3, 0.4) is 0 Å². The number of hydrogen-bond acceptors (Lipinski definition) is 6.